The fourth-order valence-corrected chi connectivity index (χ4v) is 1.54. The van der Waals surface area contributed by atoms with Crippen LogP contribution >= 0.6 is 0 Å². The molecule has 20 heavy (non-hydrogen) atoms. The Morgan fingerprint density at radius 2 is 2.00 bits per heavy atom. The average Bonchev–Trinajstić information content (AvgIpc) is 2.93. The minimum atomic E-state index is -1.13. The molecule has 0 aliphatic rings. The van der Waals surface area contributed by atoms with Crippen LogP contribution < -0.4 is 10.6 Å². The van der Waals surface area contributed by atoms with E-state index in [2.05, 4.69) is 10.6 Å². The van der Waals surface area contributed by atoms with E-state index in [1.807, 2.05) is 0 Å². The van der Waals surface area contributed by atoms with Crippen LogP contribution in [0.2, 0.25) is 0 Å². The summed E-state index contributed by atoms with van der Waals surface area (Å²) in [6.45, 7) is 4.52. The lowest BCUT2D eigenvalue weighted by molar-refractivity contribution is -0.141. The molecule has 0 bridgehead atoms. The van der Waals surface area contributed by atoms with Gasteiger partial charge in [0.05, 0.1) is 12.8 Å². The van der Waals surface area contributed by atoms with Gasteiger partial charge in [0.2, 0.25) is 11.8 Å². The van der Waals surface area contributed by atoms with Gasteiger partial charge in [0.15, 0.2) is 0 Å². The van der Waals surface area contributed by atoms with Crippen molar-refractivity contribution in [1.29, 1.82) is 0 Å². The Morgan fingerprint density at radius 3 is 2.60 bits per heavy atom. The molecule has 1 rings (SSSR count). The zero-order valence-corrected chi connectivity index (χ0v) is 12.2. The van der Waals surface area contributed by atoms with Crippen LogP contribution in [0, 0.1) is 5.41 Å². The largest absolute Gasteiger partial charge is 0.467 e. The number of carbonyl (C=O) groups excluding carboxylic acids is 2. The third-order valence-corrected chi connectivity index (χ3v) is 2.95. The molecule has 0 fully saturated rings. The standard InChI is InChI=1S/C14H22N2O4/c1-14(2,12(17)15-7-5-8-19-3)13(18)16-10-11-6-4-9-20-11/h4,6,9H,5,7-8,10H2,1-3H3,(H,15,17)(H,16,18). The Hall–Kier alpha value is -1.82. The molecule has 0 spiro atoms. The fourth-order valence-electron chi connectivity index (χ4n) is 1.54. The van der Waals surface area contributed by atoms with Crippen molar-refractivity contribution >= 4 is 11.8 Å². The van der Waals surface area contributed by atoms with Crippen LogP contribution in [0.25, 0.3) is 0 Å². The van der Waals surface area contributed by atoms with Gasteiger partial charge in [0.25, 0.3) is 0 Å². The van der Waals surface area contributed by atoms with E-state index in [9.17, 15) is 9.59 Å². The summed E-state index contributed by atoms with van der Waals surface area (Å²) in [6.07, 6.45) is 2.25. The van der Waals surface area contributed by atoms with Gasteiger partial charge >= 0.3 is 0 Å². The van der Waals surface area contributed by atoms with Crippen LogP contribution in [0.3, 0.4) is 0 Å². The van der Waals surface area contributed by atoms with Crippen molar-refractivity contribution in [1.82, 2.24) is 10.6 Å². The quantitative estimate of drug-likeness (QED) is 0.552. The Bertz CT molecular complexity index is 426. The minimum Gasteiger partial charge on any atom is -0.467 e. The number of hydrogen-bond acceptors (Lipinski definition) is 4. The van der Waals surface area contributed by atoms with Crippen LogP contribution in [-0.2, 0) is 20.9 Å². The van der Waals surface area contributed by atoms with E-state index in [4.69, 9.17) is 9.15 Å². The third kappa shape index (κ3) is 4.70. The normalized spacial score (nSPS) is 11.2. The van der Waals surface area contributed by atoms with Crippen molar-refractivity contribution < 1.29 is 18.7 Å². The van der Waals surface area contributed by atoms with E-state index >= 15 is 0 Å². The van der Waals surface area contributed by atoms with Gasteiger partial charge in [-0.3, -0.25) is 9.59 Å². The maximum Gasteiger partial charge on any atom is 0.235 e. The first-order valence-corrected chi connectivity index (χ1v) is 6.56. The lowest BCUT2D eigenvalue weighted by Crippen LogP contribution is -2.47. The first kappa shape index (κ1) is 16.2. The summed E-state index contributed by atoms with van der Waals surface area (Å²) in [6, 6.07) is 3.51. The molecule has 1 heterocycles. The molecule has 2 amide bonds. The number of furan rings is 1. The molecule has 0 saturated heterocycles. The number of carbonyl (C=O) groups is 2. The van der Waals surface area contributed by atoms with Crippen molar-refractivity contribution in [2.45, 2.75) is 26.8 Å². The lowest BCUT2D eigenvalue weighted by Gasteiger charge is -2.22. The molecule has 0 aliphatic heterocycles. The van der Waals surface area contributed by atoms with Crippen molar-refractivity contribution in [2.75, 3.05) is 20.3 Å². The Balaban J connectivity index is 2.40. The molecular weight excluding hydrogens is 260 g/mol. The van der Waals surface area contributed by atoms with Crippen molar-refractivity contribution in [3.63, 3.8) is 0 Å². The molecule has 6 heteroatoms. The second-order valence-electron chi connectivity index (χ2n) is 4.99. The predicted molar refractivity (Wildman–Crippen MR) is 73.8 cm³/mol. The Labute approximate surface area is 118 Å². The summed E-state index contributed by atoms with van der Waals surface area (Å²) in [7, 11) is 1.60. The monoisotopic (exact) mass is 282 g/mol. The van der Waals surface area contributed by atoms with E-state index in [1.165, 1.54) is 6.26 Å². The van der Waals surface area contributed by atoms with Crippen LogP contribution in [0.15, 0.2) is 22.8 Å². The average molecular weight is 282 g/mol. The van der Waals surface area contributed by atoms with Crippen LogP contribution in [0.1, 0.15) is 26.0 Å². The van der Waals surface area contributed by atoms with Crippen molar-refractivity contribution in [3.05, 3.63) is 24.2 Å². The zero-order valence-electron chi connectivity index (χ0n) is 12.2. The zero-order chi connectivity index (χ0) is 15.0. The van der Waals surface area contributed by atoms with Gasteiger partial charge in [-0.2, -0.15) is 0 Å². The first-order chi connectivity index (χ1) is 9.48. The van der Waals surface area contributed by atoms with Crippen LogP contribution in [0.5, 0.6) is 0 Å². The summed E-state index contributed by atoms with van der Waals surface area (Å²) in [4.78, 5) is 24.0. The van der Waals surface area contributed by atoms with Crippen molar-refractivity contribution in [3.8, 4) is 0 Å². The molecule has 0 saturated carbocycles. The molecule has 0 unspecified atom stereocenters. The number of ether oxygens (including phenoxy) is 1. The van der Waals surface area contributed by atoms with E-state index in [0.717, 1.165) is 0 Å². The highest BCUT2D eigenvalue weighted by Crippen LogP contribution is 2.15. The predicted octanol–water partition coefficient (Wildman–Crippen LogP) is 1.07. The van der Waals surface area contributed by atoms with Gasteiger partial charge in [0.1, 0.15) is 11.2 Å². The number of methoxy groups -OCH3 is 1. The van der Waals surface area contributed by atoms with Gasteiger partial charge in [-0.15, -0.1) is 0 Å². The van der Waals surface area contributed by atoms with Gasteiger partial charge in [-0.1, -0.05) is 0 Å². The summed E-state index contributed by atoms with van der Waals surface area (Å²) < 4.78 is 10.0. The molecule has 0 aliphatic carbocycles. The first-order valence-electron chi connectivity index (χ1n) is 6.56. The van der Waals surface area contributed by atoms with E-state index in [-0.39, 0.29) is 18.4 Å². The Kier molecular flexibility index (Phi) is 6.24. The molecule has 0 radical (unpaired) electrons. The van der Waals surface area contributed by atoms with E-state index < -0.39 is 5.41 Å². The second-order valence-corrected chi connectivity index (χ2v) is 4.99. The van der Waals surface area contributed by atoms with E-state index in [0.29, 0.717) is 25.3 Å². The summed E-state index contributed by atoms with van der Waals surface area (Å²) in [5.41, 5.74) is -1.13. The lowest BCUT2D eigenvalue weighted by atomic mass is 9.91. The van der Waals surface area contributed by atoms with Crippen molar-refractivity contribution in [2.24, 2.45) is 5.41 Å². The van der Waals surface area contributed by atoms with Crippen LogP contribution in [0.4, 0.5) is 0 Å². The molecule has 0 atom stereocenters. The summed E-state index contributed by atoms with van der Waals surface area (Å²) in [5.74, 6) is 0.0124. The summed E-state index contributed by atoms with van der Waals surface area (Å²) >= 11 is 0. The molecule has 1 aromatic rings. The SMILES string of the molecule is COCCCNC(=O)C(C)(C)C(=O)NCc1ccco1. The number of nitrogens with one attached hydrogen (secondary N) is 2. The highest BCUT2D eigenvalue weighted by molar-refractivity contribution is 6.04. The van der Waals surface area contributed by atoms with Gasteiger partial charge in [0, 0.05) is 20.3 Å². The maximum absolute atomic E-state index is 12.1. The van der Waals surface area contributed by atoms with Gasteiger partial charge in [-0.25, -0.2) is 0 Å². The number of hydrogen-bond donors (Lipinski definition) is 2. The number of rotatable bonds is 8. The van der Waals surface area contributed by atoms with Gasteiger partial charge in [-0.05, 0) is 32.4 Å². The molecule has 1 aromatic heterocycles. The fraction of sp³-hybridized carbons (Fsp3) is 0.571. The van der Waals surface area contributed by atoms with Crippen LogP contribution in [-0.4, -0.2) is 32.1 Å². The minimum absolute atomic E-state index is 0.270. The highest BCUT2D eigenvalue weighted by Gasteiger charge is 2.35. The Morgan fingerprint density at radius 1 is 1.30 bits per heavy atom. The molecule has 2 N–H and O–H groups in total. The second kappa shape index (κ2) is 7.69. The smallest absolute Gasteiger partial charge is 0.235 e. The molecular formula is C14H22N2O4. The van der Waals surface area contributed by atoms with E-state index in [1.54, 1.807) is 33.1 Å². The number of amides is 2. The summed E-state index contributed by atoms with van der Waals surface area (Å²) in [5, 5.41) is 5.42. The topological polar surface area (TPSA) is 80.6 Å². The third-order valence-electron chi connectivity index (χ3n) is 2.95. The molecule has 6 nitrogen and oxygen atoms in total. The highest BCUT2D eigenvalue weighted by atomic mass is 16.5. The maximum atomic E-state index is 12.1. The molecule has 112 valence electrons. The van der Waals surface area contributed by atoms with Gasteiger partial charge < -0.3 is 19.8 Å². The molecule has 0 aromatic carbocycles.